The fraction of sp³-hybridized carbons (Fsp3) is 0.933. The lowest BCUT2D eigenvalue weighted by Crippen LogP contribution is -2.50. The second-order valence-corrected chi connectivity index (χ2v) is 6.06. The van der Waals surface area contributed by atoms with E-state index in [0.29, 0.717) is 18.6 Å². The van der Waals surface area contributed by atoms with Crippen LogP contribution in [0.25, 0.3) is 0 Å². The zero-order valence-corrected chi connectivity index (χ0v) is 12.1. The molecule has 110 valence electrons. The van der Waals surface area contributed by atoms with Crippen LogP contribution in [0.1, 0.15) is 64.2 Å². The summed E-state index contributed by atoms with van der Waals surface area (Å²) in [6, 6.07) is 1.02. The third-order valence-corrected chi connectivity index (χ3v) is 4.56. The van der Waals surface area contributed by atoms with Crippen LogP contribution < -0.4 is 11.1 Å². The van der Waals surface area contributed by atoms with Gasteiger partial charge in [0.25, 0.3) is 0 Å². The maximum absolute atomic E-state index is 12.5. The maximum atomic E-state index is 12.5. The minimum Gasteiger partial charge on any atom is -0.335 e. The second kappa shape index (κ2) is 7.73. The van der Waals surface area contributed by atoms with E-state index >= 15 is 0 Å². The summed E-state index contributed by atoms with van der Waals surface area (Å²) < 4.78 is 0. The van der Waals surface area contributed by atoms with Gasteiger partial charge in [-0.25, -0.2) is 4.79 Å². The van der Waals surface area contributed by atoms with Crippen molar-refractivity contribution in [2.75, 3.05) is 13.1 Å². The Labute approximate surface area is 117 Å². The van der Waals surface area contributed by atoms with Gasteiger partial charge in [0.1, 0.15) is 0 Å². The Kier molecular flexibility index (Phi) is 5.95. The summed E-state index contributed by atoms with van der Waals surface area (Å²) in [7, 11) is 0. The van der Waals surface area contributed by atoms with Crippen LogP contribution in [0.2, 0.25) is 0 Å². The van der Waals surface area contributed by atoms with Crippen molar-refractivity contribution in [1.82, 2.24) is 10.2 Å². The van der Waals surface area contributed by atoms with Crippen LogP contribution in [0.4, 0.5) is 4.79 Å². The van der Waals surface area contributed by atoms with Crippen molar-refractivity contribution >= 4 is 6.03 Å². The Morgan fingerprint density at radius 1 is 1.05 bits per heavy atom. The van der Waals surface area contributed by atoms with Crippen molar-refractivity contribution in [2.24, 2.45) is 5.73 Å². The molecule has 0 saturated heterocycles. The van der Waals surface area contributed by atoms with E-state index in [4.69, 9.17) is 5.73 Å². The second-order valence-electron chi connectivity index (χ2n) is 6.06. The standard InChI is InChI=1S/C15H29N3O/c16-11-6-12-18(14-9-2-1-3-10-14)15(19)17-13-7-4-5-8-13/h13-14H,1-12,16H2,(H,17,19). The van der Waals surface area contributed by atoms with Crippen molar-refractivity contribution in [2.45, 2.75) is 76.3 Å². The normalized spacial score (nSPS) is 21.5. The van der Waals surface area contributed by atoms with Gasteiger partial charge in [-0.3, -0.25) is 0 Å². The van der Waals surface area contributed by atoms with E-state index in [-0.39, 0.29) is 6.03 Å². The first-order valence-electron chi connectivity index (χ1n) is 8.08. The molecule has 2 fully saturated rings. The van der Waals surface area contributed by atoms with E-state index in [1.165, 1.54) is 44.9 Å². The van der Waals surface area contributed by atoms with E-state index in [0.717, 1.165) is 25.8 Å². The number of nitrogens with zero attached hydrogens (tertiary/aromatic N) is 1. The fourth-order valence-electron chi connectivity index (χ4n) is 3.43. The molecule has 0 aromatic heterocycles. The number of nitrogens with two attached hydrogens (primary N) is 1. The zero-order chi connectivity index (χ0) is 13.5. The fourth-order valence-corrected chi connectivity index (χ4v) is 3.43. The predicted molar refractivity (Wildman–Crippen MR) is 78.0 cm³/mol. The third-order valence-electron chi connectivity index (χ3n) is 4.56. The SMILES string of the molecule is NCCCN(C(=O)NC1CCCC1)C1CCCCC1. The highest BCUT2D eigenvalue weighted by Gasteiger charge is 2.27. The van der Waals surface area contributed by atoms with Crippen molar-refractivity contribution in [3.8, 4) is 0 Å². The largest absolute Gasteiger partial charge is 0.335 e. The molecule has 19 heavy (non-hydrogen) atoms. The summed E-state index contributed by atoms with van der Waals surface area (Å²) in [5, 5.41) is 3.23. The van der Waals surface area contributed by atoms with E-state index in [2.05, 4.69) is 10.2 Å². The average molecular weight is 267 g/mol. The van der Waals surface area contributed by atoms with E-state index in [1.807, 2.05) is 0 Å². The number of carbonyl (C=O) groups excluding carboxylic acids is 1. The van der Waals surface area contributed by atoms with Crippen LogP contribution in [-0.4, -0.2) is 36.1 Å². The molecule has 4 heteroatoms. The van der Waals surface area contributed by atoms with Gasteiger partial charge in [-0.1, -0.05) is 32.1 Å². The van der Waals surface area contributed by atoms with E-state index in [1.54, 1.807) is 0 Å². The Hall–Kier alpha value is -0.770. The molecule has 0 aromatic rings. The molecule has 0 spiro atoms. The minimum absolute atomic E-state index is 0.159. The lowest BCUT2D eigenvalue weighted by molar-refractivity contribution is 0.152. The molecule has 0 radical (unpaired) electrons. The van der Waals surface area contributed by atoms with Gasteiger partial charge in [-0.05, 0) is 38.6 Å². The molecule has 2 aliphatic rings. The number of amides is 2. The topological polar surface area (TPSA) is 58.4 Å². The Morgan fingerprint density at radius 2 is 1.68 bits per heavy atom. The van der Waals surface area contributed by atoms with Crippen molar-refractivity contribution in [3.63, 3.8) is 0 Å². The Balaban J connectivity index is 1.88. The lowest BCUT2D eigenvalue weighted by Gasteiger charge is -2.35. The highest BCUT2D eigenvalue weighted by atomic mass is 16.2. The van der Waals surface area contributed by atoms with Gasteiger partial charge in [0.15, 0.2) is 0 Å². The number of urea groups is 1. The molecule has 0 unspecified atom stereocenters. The molecular weight excluding hydrogens is 238 g/mol. The molecule has 2 rings (SSSR count). The predicted octanol–water partition coefficient (Wildman–Crippen LogP) is 2.62. The summed E-state index contributed by atoms with van der Waals surface area (Å²) in [6.07, 6.45) is 11.9. The summed E-state index contributed by atoms with van der Waals surface area (Å²) >= 11 is 0. The van der Waals surface area contributed by atoms with Crippen LogP contribution in [0, 0.1) is 0 Å². The molecule has 2 aliphatic carbocycles. The number of carbonyl (C=O) groups is 1. The van der Waals surface area contributed by atoms with Gasteiger partial charge in [-0.2, -0.15) is 0 Å². The third kappa shape index (κ3) is 4.37. The summed E-state index contributed by atoms with van der Waals surface area (Å²) in [5.41, 5.74) is 5.61. The number of hydrogen-bond donors (Lipinski definition) is 2. The van der Waals surface area contributed by atoms with Crippen molar-refractivity contribution in [1.29, 1.82) is 0 Å². The minimum atomic E-state index is 0.159. The van der Waals surface area contributed by atoms with Gasteiger partial charge in [0.2, 0.25) is 0 Å². The van der Waals surface area contributed by atoms with Crippen molar-refractivity contribution < 1.29 is 4.79 Å². The number of nitrogens with one attached hydrogen (secondary N) is 1. The quantitative estimate of drug-likeness (QED) is 0.804. The molecule has 0 heterocycles. The number of hydrogen-bond acceptors (Lipinski definition) is 2. The average Bonchev–Trinajstić information content (AvgIpc) is 2.93. The molecule has 0 bridgehead atoms. The molecule has 0 atom stereocenters. The van der Waals surface area contributed by atoms with Gasteiger partial charge in [0, 0.05) is 18.6 Å². The van der Waals surface area contributed by atoms with Crippen molar-refractivity contribution in [3.05, 3.63) is 0 Å². The molecular formula is C15H29N3O. The van der Waals surface area contributed by atoms with Crippen LogP contribution in [-0.2, 0) is 0 Å². The van der Waals surface area contributed by atoms with Gasteiger partial charge in [0.05, 0.1) is 0 Å². The van der Waals surface area contributed by atoms with Crippen LogP contribution >= 0.6 is 0 Å². The smallest absolute Gasteiger partial charge is 0.317 e. The van der Waals surface area contributed by atoms with E-state index in [9.17, 15) is 4.79 Å². The van der Waals surface area contributed by atoms with Crippen LogP contribution in [0.15, 0.2) is 0 Å². The first-order valence-corrected chi connectivity index (χ1v) is 8.08. The Morgan fingerprint density at radius 3 is 2.32 bits per heavy atom. The van der Waals surface area contributed by atoms with Crippen LogP contribution in [0.3, 0.4) is 0 Å². The molecule has 0 aliphatic heterocycles. The first kappa shape index (κ1) is 14.6. The molecule has 2 saturated carbocycles. The number of rotatable bonds is 5. The monoisotopic (exact) mass is 267 g/mol. The summed E-state index contributed by atoms with van der Waals surface area (Å²) in [4.78, 5) is 14.6. The van der Waals surface area contributed by atoms with Crippen LogP contribution in [0.5, 0.6) is 0 Å². The molecule has 3 N–H and O–H groups in total. The molecule has 2 amide bonds. The molecule has 4 nitrogen and oxygen atoms in total. The highest BCUT2D eigenvalue weighted by Crippen LogP contribution is 2.24. The first-order chi connectivity index (χ1) is 9.31. The summed E-state index contributed by atoms with van der Waals surface area (Å²) in [5.74, 6) is 0. The zero-order valence-electron chi connectivity index (χ0n) is 12.1. The maximum Gasteiger partial charge on any atom is 0.317 e. The van der Waals surface area contributed by atoms with Gasteiger partial charge < -0.3 is 16.0 Å². The molecule has 0 aromatic carbocycles. The Bertz CT molecular complexity index is 271. The summed E-state index contributed by atoms with van der Waals surface area (Å²) in [6.45, 7) is 1.49. The lowest BCUT2D eigenvalue weighted by atomic mass is 9.94. The van der Waals surface area contributed by atoms with E-state index < -0.39 is 0 Å². The van der Waals surface area contributed by atoms with Gasteiger partial charge in [-0.15, -0.1) is 0 Å². The highest BCUT2D eigenvalue weighted by molar-refractivity contribution is 5.75. The van der Waals surface area contributed by atoms with Gasteiger partial charge >= 0.3 is 6.03 Å².